The molecule has 0 saturated heterocycles. The predicted octanol–water partition coefficient (Wildman–Crippen LogP) is 4.69. The minimum atomic E-state index is -0.862. The van der Waals surface area contributed by atoms with Gasteiger partial charge in [-0.3, -0.25) is 0 Å². The minimum Gasteiger partial charge on any atom is -0.458 e. The van der Waals surface area contributed by atoms with Crippen molar-refractivity contribution in [1.82, 2.24) is 10.7 Å². The molecule has 0 aromatic heterocycles. The first-order valence-corrected chi connectivity index (χ1v) is 10.8. The van der Waals surface area contributed by atoms with E-state index in [2.05, 4.69) is 15.8 Å². The maximum absolute atomic E-state index is 12.8. The second-order valence-corrected chi connectivity index (χ2v) is 8.55. The highest BCUT2D eigenvalue weighted by atomic mass is 16.6. The number of rotatable bonds is 7. The molecule has 2 N–H and O–H groups in total. The molecular formula is C27H29N3O3. The molecule has 0 fully saturated rings. The van der Waals surface area contributed by atoms with Gasteiger partial charge in [-0.05, 0) is 26.3 Å². The summed E-state index contributed by atoms with van der Waals surface area (Å²) in [6.45, 7) is 5.38. The number of nitrogens with one attached hydrogen (secondary N) is 2. The van der Waals surface area contributed by atoms with Crippen LogP contribution >= 0.6 is 0 Å². The molecule has 2 amide bonds. The molecule has 6 nitrogen and oxygen atoms in total. The zero-order valence-corrected chi connectivity index (χ0v) is 19.1. The lowest BCUT2D eigenvalue weighted by Gasteiger charge is -2.24. The molecule has 0 saturated carbocycles. The summed E-state index contributed by atoms with van der Waals surface area (Å²) in [5.41, 5.74) is 5.11. The Balaban J connectivity index is 1.78. The Morgan fingerprint density at radius 1 is 0.818 bits per heavy atom. The molecule has 0 radical (unpaired) electrons. The molecule has 33 heavy (non-hydrogen) atoms. The lowest BCUT2D eigenvalue weighted by Crippen LogP contribution is -2.48. The molecule has 0 aliphatic heterocycles. The SMILES string of the molecule is CC(C)(C)OC(=O)[C@H](Cc1ccccc1)NC(=O)NN=C(c1ccccc1)c1ccccc1. The van der Waals surface area contributed by atoms with Crippen LogP contribution in [0.15, 0.2) is 96.1 Å². The van der Waals surface area contributed by atoms with Gasteiger partial charge in [0, 0.05) is 17.5 Å². The van der Waals surface area contributed by atoms with Crippen molar-refractivity contribution in [3.8, 4) is 0 Å². The molecule has 0 spiro atoms. The highest BCUT2D eigenvalue weighted by Gasteiger charge is 2.27. The fourth-order valence-electron chi connectivity index (χ4n) is 3.20. The van der Waals surface area contributed by atoms with Gasteiger partial charge in [0.25, 0.3) is 0 Å². The van der Waals surface area contributed by atoms with E-state index in [4.69, 9.17) is 4.74 Å². The van der Waals surface area contributed by atoms with E-state index in [0.717, 1.165) is 16.7 Å². The number of benzene rings is 3. The fraction of sp³-hybridized carbons (Fsp3) is 0.222. The Labute approximate surface area is 194 Å². The van der Waals surface area contributed by atoms with Crippen LogP contribution in [-0.4, -0.2) is 29.4 Å². The van der Waals surface area contributed by atoms with Gasteiger partial charge in [0.05, 0.1) is 5.71 Å². The Bertz CT molecular complexity index is 1030. The average molecular weight is 444 g/mol. The molecule has 3 rings (SSSR count). The summed E-state index contributed by atoms with van der Waals surface area (Å²) in [7, 11) is 0. The van der Waals surface area contributed by atoms with Crippen molar-refractivity contribution in [2.75, 3.05) is 0 Å². The maximum atomic E-state index is 12.8. The highest BCUT2D eigenvalue weighted by Crippen LogP contribution is 2.12. The molecule has 0 aliphatic carbocycles. The number of hydrogen-bond donors (Lipinski definition) is 2. The molecule has 3 aromatic carbocycles. The standard InChI is InChI=1S/C27H29N3O3/c1-27(2,3)33-25(31)23(19-20-13-7-4-8-14-20)28-26(32)30-29-24(21-15-9-5-10-16-21)22-17-11-6-12-18-22/h4-18,23H,19H2,1-3H3,(H2,28,30,32)/t23-/m0/s1. The average Bonchev–Trinajstić information content (AvgIpc) is 2.80. The fourth-order valence-corrected chi connectivity index (χ4v) is 3.20. The van der Waals surface area contributed by atoms with Crippen molar-refractivity contribution in [1.29, 1.82) is 0 Å². The van der Waals surface area contributed by atoms with E-state index in [9.17, 15) is 9.59 Å². The third-order valence-electron chi connectivity index (χ3n) is 4.64. The van der Waals surface area contributed by atoms with Crippen LogP contribution in [0.3, 0.4) is 0 Å². The first-order chi connectivity index (χ1) is 15.8. The summed E-state index contributed by atoms with van der Waals surface area (Å²) in [5, 5.41) is 7.08. The molecule has 0 unspecified atom stereocenters. The van der Waals surface area contributed by atoms with Crippen LogP contribution in [0.4, 0.5) is 4.79 Å². The second kappa shape index (κ2) is 11.1. The van der Waals surface area contributed by atoms with Crippen molar-refractivity contribution < 1.29 is 14.3 Å². The Kier molecular flexibility index (Phi) is 7.97. The van der Waals surface area contributed by atoms with Crippen molar-refractivity contribution >= 4 is 17.7 Å². The summed E-state index contributed by atoms with van der Waals surface area (Å²) < 4.78 is 5.52. The first kappa shape index (κ1) is 23.7. The van der Waals surface area contributed by atoms with E-state index < -0.39 is 23.6 Å². The molecule has 1 atom stereocenters. The molecule has 0 bridgehead atoms. The topological polar surface area (TPSA) is 79.8 Å². The number of amides is 2. The third-order valence-corrected chi connectivity index (χ3v) is 4.64. The number of hydrogen-bond acceptors (Lipinski definition) is 4. The number of esters is 1. The van der Waals surface area contributed by atoms with Crippen LogP contribution in [0, 0.1) is 0 Å². The smallest absolute Gasteiger partial charge is 0.335 e. The molecule has 0 heterocycles. The van der Waals surface area contributed by atoms with Gasteiger partial charge in [-0.2, -0.15) is 5.10 Å². The van der Waals surface area contributed by atoms with E-state index in [1.807, 2.05) is 91.0 Å². The third kappa shape index (κ3) is 7.61. The van der Waals surface area contributed by atoms with Crippen LogP contribution in [-0.2, 0) is 16.0 Å². The van der Waals surface area contributed by atoms with Crippen molar-refractivity contribution in [2.24, 2.45) is 5.10 Å². The molecule has 3 aromatic rings. The minimum absolute atomic E-state index is 0.303. The van der Waals surface area contributed by atoms with Gasteiger partial charge in [-0.15, -0.1) is 0 Å². The molecule has 170 valence electrons. The Morgan fingerprint density at radius 3 is 1.79 bits per heavy atom. The van der Waals surface area contributed by atoms with Gasteiger partial charge >= 0.3 is 12.0 Å². The first-order valence-electron chi connectivity index (χ1n) is 10.8. The van der Waals surface area contributed by atoms with Gasteiger partial charge < -0.3 is 10.1 Å². The maximum Gasteiger partial charge on any atom is 0.335 e. The number of ether oxygens (including phenoxy) is 1. The van der Waals surface area contributed by atoms with Gasteiger partial charge in [0.15, 0.2) is 0 Å². The summed E-state index contributed by atoms with van der Waals surface area (Å²) in [6, 6.07) is 27.2. The largest absolute Gasteiger partial charge is 0.458 e. The normalized spacial score (nSPS) is 11.7. The number of hydrazone groups is 1. The van der Waals surface area contributed by atoms with Crippen molar-refractivity contribution in [2.45, 2.75) is 38.8 Å². The van der Waals surface area contributed by atoms with Crippen LogP contribution in [0.1, 0.15) is 37.5 Å². The summed E-state index contributed by atoms with van der Waals surface area (Å²) in [6.07, 6.45) is 0.303. The zero-order chi connectivity index (χ0) is 23.7. The number of carbonyl (C=O) groups is 2. The monoisotopic (exact) mass is 443 g/mol. The van der Waals surface area contributed by atoms with E-state index >= 15 is 0 Å². The van der Waals surface area contributed by atoms with Crippen LogP contribution < -0.4 is 10.7 Å². The van der Waals surface area contributed by atoms with Gasteiger partial charge in [-0.25, -0.2) is 15.0 Å². The molecular weight excluding hydrogens is 414 g/mol. The number of nitrogens with zero attached hydrogens (tertiary/aromatic N) is 1. The highest BCUT2D eigenvalue weighted by molar-refractivity contribution is 6.13. The van der Waals surface area contributed by atoms with E-state index in [0.29, 0.717) is 12.1 Å². The van der Waals surface area contributed by atoms with Crippen LogP contribution in [0.5, 0.6) is 0 Å². The van der Waals surface area contributed by atoms with Gasteiger partial charge in [0.1, 0.15) is 11.6 Å². The van der Waals surface area contributed by atoms with Gasteiger partial charge in [0.2, 0.25) is 0 Å². The number of carbonyl (C=O) groups excluding carboxylic acids is 2. The lowest BCUT2D eigenvalue weighted by atomic mass is 10.0. The Morgan fingerprint density at radius 2 is 1.30 bits per heavy atom. The quantitative estimate of drug-likeness (QED) is 0.316. The summed E-state index contributed by atoms with van der Waals surface area (Å²) in [4.78, 5) is 25.5. The van der Waals surface area contributed by atoms with Crippen LogP contribution in [0.25, 0.3) is 0 Å². The lowest BCUT2D eigenvalue weighted by molar-refractivity contribution is -0.157. The summed E-state index contributed by atoms with van der Waals surface area (Å²) >= 11 is 0. The van der Waals surface area contributed by atoms with E-state index in [-0.39, 0.29) is 0 Å². The van der Waals surface area contributed by atoms with Gasteiger partial charge in [-0.1, -0.05) is 91.0 Å². The molecule has 0 aliphatic rings. The zero-order valence-electron chi connectivity index (χ0n) is 19.1. The van der Waals surface area contributed by atoms with Crippen LogP contribution in [0.2, 0.25) is 0 Å². The van der Waals surface area contributed by atoms with E-state index in [1.54, 1.807) is 20.8 Å². The van der Waals surface area contributed by atoms with Crippen molar-refractivity contribution in [3.63, 3.8) is 0 Å². The van der Waals surface area contributed by atoms with Crippen molar-refractivity contribution in [3.05, 3.63) is 108 Å². The Hall–Kier alpha value is -3.93. The predicted molar refractivity (Wildman–Crippen MR) is 130 cm³/mol. The summed E-state index contributed by atoms with van der Waals surface area (Å²) in [5.74, 6) is -0.503. The van der Waals surface area contributed by atoms with E-state index in [1.165, 1.54) is 0 Å². The number of urea groups is 1. The molecule has 6 heteroatoms. The second-order valence-electron chi connectivity index (χ2n) is 8.55.